The van der Waals surface area contributed by atoms with E-state index in [-0.39, 0.29) is 11.9 Å². The van der Waals surface area contributed by atoms with Gasteiger partial charge in [0.05, 0.1) is 6.04 Å². The number of rotatable bonds is 5. The Morgan fingerprint density at radius 1 is 1.17 bits per heavy atom. The molecular formula is C24H32N4O2. The maximum absolute atomic E-state index is 12.8. The fourth-order valence-corrected chi connectivity index (χ4v) is 4.61. The van der Waals surface area contributed by atoms with Gasteiger partial charge in [0.1, 0.15) is 11.4 Å². The number of carbonyl (C=O) groups excluding carboxylic acids is 1. The first-order chi connectivity index (χ1) is 14.3. The molecule has 2 aromatic rings. The van der Waals surface area contributed by atoms with E-state index in [1.807, 2.05) is 6.07 Å². The zero-order valence-corrected chi connectivity index (χ0v) is 18.3. The van der Waals surface area contributed by atoms with E-state index in [4.69, 9.17) is 9.97 Å². The maximum Gasteiger partial charge on any atom is 0.254 e. The van der Waals surface area contributed by atoms with Crippen molar-refractivity contribution in [3.8, 4) is 0 Å². The molecule has 0 aliphatic carbocycles. The van der Waals surface area contributed by atoms with Crippen LogP contribution in [0.4, 0.5) is 5.82 Å². The van der Waals surface area contributed by atoms with E-state index in [1.165, 1.54) is 11.1 Å². The highest BCUT2D eigenvalue weighted by molar-refractivity contribution is 5.84. The van der Waals surface area contributed by atoms with Gasteiger partial charge in [0.15, 0.2) is 5.82 Å². The first kappa shape index (κ1) is 20.8. The van der Waals surface area contributed by atoms with Crippen molar-refractivity contribution >= 4 is 11.7 Å². The molecule has 6 heteroatoms. The topological polar surface area (TPSA) is 69.6 Å². The summed E-state index contributed by atoms with van der Waals surface area (Å²) >= 11 is 0. The van der Waals surface area contributed by atoms with Crippen LogP contribution in [0.25, 0.3) is 0 Å². The van der Waals surface area contributed by atoms with E-state index in [9.17, 15) is 9.90 Å². The van der Waals surface area contributed by atoms with Gasteiger partial charge in [-0.15, -0.1) is 0 Å². The molecule has 1 aromatic heterocycles. The van der Waals surface area contributed by atoms with Crippen molar-refractivity contribution in [2.45, 2.75) is 64.5 Å². The van der Waals surface area contributed by atoms with Crippen LogP contribution in [-0.4, -0.2) is 51.1 Å². The minimum atomic E-state index is -1.38. The number of carbonyl (C=O) groups is 1. The van der Waals surface area contributed by atoms with E-state index in [2.05, 4.69) is 36.1 Å². The minimum Gasteiger partial charge on any atom is -0.381 e. The molecule has 160 valence electrons. The second-order valence-electron chi connectivity index (χ2n) is 9.01. The number of nitrogens with zero attached hydrogens (tertiary/aromatic N) is 4. The Balaban J connectivity index is 1.61. The third-order valence-electron chi connectivity index (χ3n) is 6.21. The minimum absolute atomic E-state index is 0.161. The van der Waals surface area contributed by atoms with E-state index in [0.717, 1.165) is 56.7 Å². The fourth-order valence-electron chi connectivity index (χ4n) is 4.61. The number of amides is 1. The Hall–Kier alpha value is -2.47. The average molecular weight is 409 g/mol. The zero-order chi connectivity index (χ0) is 21.3. The van der Waals surface area contributed by atoms with Crippen LogP contribution in [0.3, 0.4) is 0 Å². The van der Waals surface area contributed by atoms with E-state index >= 15 is 0 Å². The number of anilines is 1. The molecule has 0 unspecified atom stereocenters. The van der Waals surface area contributed by atoms with Gasteiger partial charge in [-0.1, -0.05) is 30.3 Å². The highest BCUT2D eigenvalue weighted by Crippen LogP contribution is 2.35. The van der Waals surface area contributed by atoms with Gasteiger partial charge in [0, 0.05) is 30.9 Å². The molecule has 0 bridgehead atoms. The van der Waals surface area contributed by atoms with Crippen molar-refractivity contribution < 1.29 is 9.90 Å². The van der Waals surface area contributed by atoms with Crippen LogP contribution in [-0.2, 0) is 17.6 Å². The van der Waals surface area contributed by atoms with Gasteiger partial charge in [0.25, 0.3) is 5.91 Å². The molecule has 1 N–H and O–H groups in total. The van der Waals surface area contributed by atoms with Crippen molar-refractivity contribution in [2.24, 2.45) is 0 Å². The van der Waals surface area contributed by atoms with Crippen molar-refractivity contribution in [1.82, 2.24) is 14.9 Å². The molecule has 1 aromatic carbocycles. The molecular weight excluding hydrogens is 376 g/mol. The number of hydrogen-bond donors (Lipinski definition) is 1. The number of aromatic nitrogens is 2. The molecule has 0 spiro atoms. The van der Waals surface area contributed by atoms with Crippen LogP contribution in [0.5, 0.6) is 0 Å². The summed E-state index contributed by atoms with van der Waals surface area (Å²) in [5, 5.41) is 10.2. The van der Waals surface area contributed by atoms with E-state index in [0.29, 0.717) is 12.4 Å². The number of aliphatic hydroxyl groups is 1. The monoisotopic (exact) mass is 408 g/mol. The first-order valence-electron chi connectivity index (χ1n) is 11.0. The van der Waals surface area contributed by atoms with Crippen LogP contribution < -0.4 is 4.90 Å². The average Bonchev–Trinajstić information content (AvgIpc) is 3.21. The molecule has 0 radical (unpaired) electrons. The van der Waals surface area contributed by atoms with Crippen LogP contribution in [0.15, 0.2) is 30.3 Å². The molecule has 30 heavy (non-hydrogen) atoms. The van der Waals surface area contributed by atoms with Crippen molar-refractivity contribution in [2.75, 3.05) is 24.5 Å². The number of aryl methyl sites for hydroxylation is 1. The highest BCUT2D eigenvalue weighted by atomic mass is 16.3. The summed E-state index contributed by atoms with van der Waals surface area (Å²) in [7, 11) is 0. The Kier molecular flexibility index (Phi) is 5.78. The van der Waals surface area contributed by atoms with Gasteiger partial charge in [-0.3, -0.25) is 4.79 Å². The molecule has 0 saturated carbocycles. The van der Waals surface area contributed by atoms with Crippen LogP contribution in [0, 0.1) is 6.92 Å². The normalized spacial score (nSPS) is 19.1. The van der Waals surface area contributed by atoms with Crippen molar-refractivity contribution in [3.63, 3.8) is 0 Å². The van der Waals surface area contributed by atoms with E-state index in [1.54, 1.807) is 18.7 Å². The number of hydrogen-bond acceptors (Lipinski definition) is 5. The smallest absolute Gasteiger partial charge is 0.254 e. The lowest BCUT2D eigenvalue weighted by Gasteiger charge is -2.33. The van der Waals surface area contributed by atoms with E-state index < -0.39 is 5.60 Å². The summed E-state index contributed by atoms with van der Waals surface area (Å²) in [5.74, 6) is 1.50. The Labute approximate surface area is 179 Å². The molecule has 3 heterocycles. The molecule has 2 aliphatic rings. The SMILES string of the molecule is Cc1nc([C@H]2CCCN2C(=O)C(C)(C)O)nc2c1CCCN2CCc1ccccc1. The summed E-state index contributed by atoms with van der Waals surface area (Å²) in [5.41, 5.74) is 2.19. The van der Waals surface area contributed by atoms with Crippen LogP contribution in [0.2, 0.25) is 0 Å². The lowest BCUT2D eigenvalue weighted by atomic mass is 10.0. The lowest BCUT2D eigenvalue weighted by Crippen LogP contribution is -2.45. The lowest BCUT2D eigenvalue weighted by molar-refractivity contribution is -0.149. The number of likely N-dealkylation sites (tertiary alicyclic amines) is 1. The third-order valence-corrected chi connectivity index (χ3v) is 6.21. The van der Waals surface area contributed by atoms with Crippen LogP contribution in [0.1, 0.15) is 61.8 Å². The molecule has 6 nitrogen and oxygen atoms in total. The second kappa shape index (κ2) is 8.34. The molecule has 4 rings (SSSR count). The number of benzene rings is 1. The molecule has 1 amide bonds. The standard InChI is InChI=1S/C24H32N4O2/c1-17-19-11-7-14-27(16-13-18-9-5-4-6-10-18)22(19)26-21(25-17)20-12-8-15-28(20)23(29)24(2,3)30/h4-6,9-10,20,30H,7-8,11-16H2,1-3H3/t20-/m1/s1. The van der Waals surface area contributed by atoms with Gasteiger partial charge in [-0.05, 0) is 58.4 Å². The summed E-state index contributed by atoms with van der Waals surface area (Å²) in [6, 6.07) is 10.4. The van der Waals surface area contributed by atoms with Gasteiger partial charge in [-0.25, -0.2) is 9.97 Å². The van der Waals surface area contributed by atoms with Gasteiger partial charge >= 0.3 is 0 Å². The molecule has 1 saturated heterocycles. The summed E-state index contributed by atoms with van der Waals surface area (Å²) in [4.78, 5) is 26.7. The Morgan fingerprint density at radius 3 is 2.67 bits per heavy atom. The largest absolute Gasteiger partial charge is 0.381 e. The van der Waals surface area contributed by atoms with Crippen molar-refractivity contribution in [1.29, 1.82) is 0 Å². The highest BCUT2D eigenvalue weighted by Gasteiger charge is 2.39. The van der Waals surface area contributed by atoms with Crippen molar-refractivity contribution in [3.05, 3.63) is 53.0 Å². The molecule has 1 fully saturated rings. The Bertz CT molecular complexity index is 907. The van der Waals surface area contributed by atoms with Gasteiger partial charge in [0.2, 0.25) is 0 Å². The van der Waals surface area contributed by atoms with Gasteiger partial charge in [-0.2, -0.15) is 0 Å². The quantitative estimate of drug-likeness (QED) is 0.823. The predicted molar refractivity (Wildman–Crippen MR) is 117 cm³/mol. The first-order valence-corrected chi connectivity index (χ1v) is 11.0. The fraction of sp³-hybridized carbons (Fsp3) is 0.542. The maximum atomic E-state index is 12.8. The van der Waals surface area contributed by atoms with Crippen LogP contribution >= 0.6 is 0 Å². The Morgan fingerprint density at radius 2 is 1.93 bits per heavy atom. The zero-order valence-electron chi connectivity index (χ0n) is 18.3. The summed E-state index contributed by atoms with van der Waals surface area (Å²) < 4.78 is 0. The second-order valence-corrected chi connectivity index (χ2v) is 9.01. The van der Waals surface area contributed by atoms with Gasteiger partial charge < -0.3 is 14.9 Å². The molecule has 2 aliphatic heterocycles. The number of fused-ring (bicyclic) bond motifs is 1. The third kappa shape index (κ3) is 4.19. The summed E-state index contributed by atoms with van der Waals surface area (Å²) in [6.45, 7) is 7.72. The predicted octanol–water partition coefficient (Wildman–Crippen LogP) is 3.21. The summed E-state index contributed by atoms with van der Waals surface area (Å²) in [6.07, 6.45) is 4.83. The molecule has 1 atom stereocenters.